The van der Waals surface area contributed by atoms with Gasteiger partial charge in [0.05, 0.1) is 6.04 Å². The molecule has 0 heterocycles. The smallest absolute Gasteiger partial charge is 0.220 e. The second-order valence-corrected chi connectivity index (χ2v) is 6.63. The van der Waals surface area contributed by atoms with Crippen LogP contribution in [0.1, 0.15) is 45.7 Å². The Labute approximate surface area is 121 Å². The van der Waals surface area contributed by atoms with Gasteiger partial charge in [-0.3, -0.25) is 4.79 Å². The zero-order valence-electron chi connectivity index (χ0n) is 12.7. The van der Waals surface area contributed by atoms with Crippen molar-refractivity contribution >= 4 is 16.7 Å². The Morgan fingerprint density at radius 1 is 1.10 bits per heavy atom. The van der Waals surface area contributed by atoms with Crippen molar-refractivity contribution in [1.82, 2.24) is 5.32 Å². The lowest BCUT2D eigenvalue weighted by molar-refractivity contribution is -0.123. The molecule has 0 bridgehead atoms. The molecule has 2 nitrogen and oxygen atoms in total. The van der Waals surface area contributed by atoms with Crippen LogP contribution in [0.25, 0.3) is 10.8 Å². The minimum atomic E-state index is 0.0210. The van der Waals surface area contributed by atoms with E-state index in [9.17, 15) is 4.79 Å². The van der Waals surface area contributed by atoms with Crippen LogP contribution in [-0.2, 0) is 4.79 Å². The van der Waals surface area contributed by atoms with E-state index in [1.807, 2.05) is 19.1 Å². The molecule has 2 rings (SSSR count). The van der Waals surface area contributed by atoms with Crippen molar-refractivity contribution in [2.45, 2.75) is 40.2 Å². The highest BCUT2D eigenvalue weighted by molar-refractivity contribution is 5.83. The molecule has 2 heteroatoms. The van der Waals surface area contributed by atoms with Crippen LogP contribution in [0.15, 0.2) is 42.5 Å². The molecule has 0 fully saturated rings. The largest absolute Gasteiger partial charge is 0.350 e. The van der Waals surface area contributed by atoms with Crippen molar-refractivity contribution in [3.63, 3.8) is 0 Å². The van der Waals surface area contributed by atoms with Gasteiger partial charge in [0.15, 0.2) is 0 Å². The second-order valence-electron chi connectivity index (χ2n) is 6.63. The van der Waals surface area contributed by atoms with Gasteiger partial charge in [0.2, 0.25) is 5.91 Å². The lowest BCUT2D eigenvalue weighted by Crippen LogP contribution is -2.29. The van der Waals surface area contributed by atoms with Gasteiger partial charge in [-0.1, -0.05) is 57.2 Å². The Balaban J connectivity index is 2.11. The van der Waals surface area contributed by atoms with Crippen LogP contribution in [-0.4, -0.2) is 5.91 Å². The molecule has 0 spiro atoms. The quantitative estimate of drug-likeness (QED) is 0.876. The molecule has 0 aliphatic carbocycles. The van der Waals surface area contributed by atoms with E-state index in [2.05, 4.69) is 56.4 Å². The molecule has 20 heavy (non-hydrogen) atoms. The zero-order valence-corrected chi connectivity index (χ0v) is 12.7. The first-order valence-corrected chi connectivity index (χ1v) is 7.13. The number of amides is 1. The van der Waals surface area contributed by atoms with Crippen LogP contribution in [0.5, 0.6) is 0 Å². The van der Waals surface area contributed by atoms with Crippen LogP contribution in [0.2, 0.25) is 0 Å². The summed E-state index contributed by atoms with van der Waals surface area (Å²) in [7, 11) is 0. The average molecular weight is 269 g/mol. The van der Waals surface area contributed by atoms with E-state index in [0.717, 1.165) is 5.56 Å². The van der Waals surface area contributed by atoms with Crippen molar-refractivity contribution in [3.05, 3.63) is 48.0 Å². The number of hydrogen-bond acceptors (Lipinski definition) is 1. The number of benzene rings is 2. The molecule has 0 saturated carbocycles. The molecule has 1 amide bonds. The molecule has 0 aliphatic heterocycles. The molecule has 106 valence electrons. The summed E-state index contributed by atoms with van der Waals surface area (Å²) >= 11 is 0. The van der Waals surface area contributed by atoms with Crippen LogP contribution in [0.3, 0.4) is 0 Å². The van der Waals surface area contributed by atoms with E-state index >= 15 is 0 Å². The van der Waals surface area contributed by atoms with E-state index in [4.69, 9.17) is 0 Å². The standard InChI is InChI=1S/C18H23NO/c1-13(19-17(20)12-18(2,3)4)15-10-9-14-7-5-6-8-16(14)11-15/h5-11,13H,12H2,1-4H3,(H,19,20). The van der Waals surface area contributed by atoms with Gasteiger partial charge >= 0.3 is 0 Å². The highest BCUT2D eigenvalue weighted by Crippen LogP contribution is 2.22. The molecule has 0 radical (unpaired) electrons. The molecule has 1 N–H and O–H groups in total. The Morgan fingerprint density at radius 2 is 1.75 bits per heavy atom. The first-order chi connectivity index (χ1) is 9.35. The number of carbonyl (C=O) groups excluding carboxylic acids is 1. The molecule has 1 atom stereocenters. The fraction of sp³-hybridized carbons (Fsp3) is 0.389. The third-order valence-electron chi connectivity index (χ3n) is 3.34. The summed E-state index contributed by atoms with van der Waals surface area (Å²) in [6, 6.07) is 14.7. The Kier molecular flexibility index (Phi) is 4.12. The van der Waals surface area contributed by atoms with Crippen molar-refractivity contribution in [2.75, 3.05) is 0 Å². The molecular weight excluding hydrogens is 246 g/mol. The summed E-state index contributed by atoms with van der Waals surface area (Å²) < 4.78 is 0. The summed E-state index contributed by atoms with van der Waals surface area (Å²) in [6.45, 7) is 8.26. The molecule has 2 aromatic carbocycles. The lowest BCUT2D eigenvalue weighted by Gasteiger charge is -2.20. The highest BCUT2D eigenvalue weighted by atomic mass is 16.1. The molecule has 0 aliphatic rings. The maximum absolute atomic E-state index is 12.0. The zero-order chi connectivity index (χ0) is 14.8. The monoisotopic (exact) mass is 269 g/mol. The Morgan fingerprint density at radius 3 is 2.40 bits per heavy atom. The van der Waals surface area contributed by atoms with Gasteiger partial charge in [-0.25, -0.2) is 0 Å². The fourth-order valence-electron chi connectivity index (χ4n) is 2.33. The third-order valence-corrected chi connectivity index (χ3v) is 3.34. The van der Waals surface area contributed by atoms with Gasteiger partial charge < -0.3 is 5.32 Å². The topological polar surface area (TPSA) is 29.1 Å². The predicted molar refractivity (Wildman–Crippen MR) is 84.6 cm³/mol. The summed E-state index contributed by atoms with van der Waals surface area (Å²) in [6.07, 6.45) is 0.547. The van der Waals surface area contributed by atoms with E-state index in [-0.39, 0.29) is 17.4 Å². The van der Waals surface area contributed by atoms with Crippen molar-refractivity contribution in [2.24, 2.45) is 5.41 Å². The minimum absolute atomic E-state index is 0.0210. The molecule has 2 aromatic rings. The van der Waals surface area contributed by atoms with Gasteiger partial charge in [0.1, 0.15) is 0 Å². The van der Waals surface area contributed by atoms with Gasteiger partial charge in [0, 0.05) is 6.42 Å². The minimum Gasteiger partial charge on any atom is -0.350 e. The number of carbonyl (C=O) groups is 1. The van der Waals surface area contributed by atoms with Crippen molar-refractivity contribution in [1.29, 1.82) is 0 Å². The third kappa shape index (κ3) is 3.83. The van der Waals surface area contributed by atoms with E-state index in [1.54, 1.807) is 0 Å². The summed E-state index contributed by atoms with van der Waals surface area (Å²) in [4.78, 5) is 12.0. The summed E-state index contributed by atoms with van der Waals surface area (Å²) in [5, 5.41) is 5.51. The average Bonchev–Trinajstić information content (AvgIpc) is 2.35. The van der Waals surface area contributed by atoms with Gasteiger partial charge in [-0.05, 0) is 34.7 Å². The summed E-state index contributed by atoms with van der Waals surface area (Å²) in [5.41, 5.74) is 1.17. The number of rotatable bonds is 3. The normalized spacial score (nSPS) is 13.2. The maximum atomic E-state index is 12.0. The first kappa shape index (κ1) is 14.6. The molecule has 0 aromatic heterocycles. The number of nitrogens with one attached hydrogen (secondary N) is 1. The van der Waals surface area contributed by atoms with Crippen LogP contribution < -0.4 is 5.32 Å². The lowest BCUT2D eigenvalue weighted by atomic mass is 9.91. The SMILES string of the molecule is CC(NC(=O)CC(C)(C)C)c1ccc2ccccc2c1. The second kappa shape index (κ2) is 5.66. The molecule has 1 unspecified atom stereocenters. The van der Waals surface area contributed by atoms with Crippen LogP contribution >= 0.6 is 0 Å². The summed E-state index contributed by atoms with van der Waals surface area (Å²) in [5.74, 6) is 0.109. The maximum Gasteiger partial charge on any atom is 0.220 e. The van der Waals surface area contributed by atoms with Gasteiger partial charge in [-0.2, -0.15) is 0 Å². The Bertz CT molecular complexity index is 610. The fourth-order valence-corrected chi connectivity index (χ4v) is 2.33. The highest BCUT2D eigenvalue weighted by Gasteiger charge is 2.17. The van der Waals surface area contributed by atoms with Gasteiger partial charge in [-0.15, -0.1) is 0 Å². The Hall–Kier alpha value is -1.83. The van der Waals surface area contributed by atoms with Crippen molar-refractivity contribution < 1.29 is 4.79 Å². The number of hydrogen-bond donors (Lipinski definition) is 1. The number of fused-ring (bicyclic) bond motifs is 1. The van der Waals surface area contributed by atoms with E-state index in [1.165, 1.54) is 10.8 Å². The first-order valence-electron chi connectivity index (χ1n) is 7.13. The van der Waals surface area contributed by atoms with Crippen molar-refractivity contribution in [3.8, 4) is 0 Å². The predicted octanol–water partition coefficient (Wildman–Crippen LogP) is 4.45. The molecular formula is C18H23NO. The van der Waals surface area contributed by atoms with E-state index in [0.29, 0.717) is 6.42 Å². The van der Waals surface area contributed by atoms with Gasteiger partial charge in [0.25, 0.3) is 0 Å². The van der Waals surface area contributed by atoms with Crippen LogP contribution in [0, 0.1) is 5.41 Å². The van der Waals surface area contributed by atoms with E-state index < -0.39 is 0 Å². The molecule has 0 saturated heterocycles. The van der Waals surface area contributed by atoms with Crippen LogP contribution in [0.4, 0.5) is 0 Å².